The summed E-state index contributed by atoms with van der Waals surface area (Å²) >= 11 is 3.41. The Bertz CT molecular complexity index is 388. The van der Waals surface area contributed by atoms with Gasteiger partial charge < -0.3 is 4.79 Å². The number of carbonyl (C=O) groups is 1. The van der Waals surface area contributed by atoms with Crippen LogP contribution >= 0.6 is 15.9 Å². The van der Waals surface area contributed by atoms with Crippen molar-refractivity contribution in [1.82, 2.24) is 9.97 Å². The summed E-state index contributed by atoms with van der Waals surface area (Å²) < 4.78 is 0.910. The monoisotopic (exact) mass is 268 g/mol. The highest BCUT2D eigenvalue weighted by Gasteiger charge is 2.26. The smallest absolute Gasteiger partial charge is 0.131 e. The summed E-state index contributed by atoms with van der Waals surface area (Å²) in [4.78, 5) is 19.7. The van der Waals surface area contributed by atoms with Crippen molar-refractivity contribution < 1.29 is 4.79 Å². The van der Waals surface area contributed by atoms with Crippen molar-refractivity contribution in [1.29, 1.82) is 0 Å². The number of hydrogen-bond donors (Lipinski definition) is 0. The number of aromatic nitrogens is 2. The molecule has 0 aromatic carbocycles. The first-order chi connectivity index (χ1) is 7.16. The molecule has 1 fully saturated rings. The number of carbonyl (C=O) groups excluding carboxylic acids is 1. The van der Waals surface area contributed by atoms with E-state index in [0.717, 1.165) is 16.0 Å². The van der Waals surface area contributed by atoms with Gasteiger partial charge in [-0.05, 0) is 42.1 Å². The van der Waals surface area contributed by atoms with E-state index in [2.05, 4.69) is 25.9 Å². The van der Waals surface area contributed by atoms with E-state index >= 15 is 0 Å². The van der Waals surface area contributed by atoms with Gasteiger partial charge in [0.05, 0.1) is 10.2 Å². The highest BCUT2D eigenvalue weighted by Crippen LogP contribution is 2.38. The highest BCUT2D eigenvalue weighted by molar-refractivity contribution is 9.10. The van der Waals surface area contributed by atoms with Crippen LogP contribution in [0.4, 0.5) is 0 Å². The average Bonchev–Trinajstić information content (AvgIpc) is 3.00. The standard InChI is InChI=1S/C11H13BrN2O/c1-7(15)2-5-10-9(12)6-13-11(14-10)8-3-4-8/h6,8H,2-5H2,1H3. The molecule has 1 heterocycles. The summed E-state index contributed by atoms with van der Waals surface area (Å²) in [6.45, 7) is 1.61. The lowest BCUT2D eigenvalue weighted by atomic mass is 10.2. The zero-order valence-corrected chi connectivity index (χ0v) is 10.2. The summed E-state index contributed by atoms with van der Waals surface area (Å²) in [5.41, 5.74) is 0.960. The molecule has 1 saturated carbocycles. The fourth-order valence-electron chi connectivity index (χ4n) is 1.43. The van der Waals surface area contributed by atoms with Gasteiger partial charge in [0, 0.05) is 18.5 Å². The molecular formula is C11H13BrN2O. The predicted molar refractivity (Wildman–Crippen MR) is 60.7 cm³/mol. The first-order valence-electron chi connectivity index (χ1n) is 5.17. The molecular weight excluding hydrogens is 256 g/mol. The van der Waals surface area contributed by atoms with Crippen molar-refractivity contribution >= 4 is 21.7 Å². The van der Waals surface area contributed by atoms with E-state index in [4.69, 9.17) is 0 Å². The van der Waals surface area contributed by atoms with E-state index in [-0.39, 0.29) is 5.78 Å². The van der Waals surface area contributed by atoms with Gasteiger partial charge in [-0.15, -0.1) is 0 Å². The molecule has 1 aromatic heterocycles. The topological polar surface area (TPSA) is 42.9 Å². The van der Waals surface area contributed by atoms with Crippen LogP contribution in [0.1, 0.15) is 43.6 Å². The van der Waals surface area contributed by atoms with Gasteiger partial charge >= 0.3 is 0 Å². The second kappa shape index (κ2) is 4.39. The van der Waals surface area contributed by atoms with Crippen LogP contribution in [0.5, 0.6) is 0 Å². The lowest BCUT2D eigenvalue weighted by Gasteiger charge is -2.04. The Hall–Kier alpha value is -0.770. The molecule has 0 aliphatic heterocycles. The Morgan fingerprint density at radius 3 is 2.93 bits per heavy atom. The zero-order valence-electron chi connectivity index (χ0n) is 8.66. The van der Waals surface area contributed by atoms with Gasteiger partial charge in [0.2, 0.25) is 0 Å². The molecule has 0 atom stereocenters. The van der Waals surface area contributed by atoms with Gasteiger partial charge in [-0.3, -0.25) is 0 Å². The van der Waals surface area contributed by atoms with Crippen LogP contribution in [0, 0.1) is 0 Å². The summed E-state index contributed by atoms with van der Waals surface area (Å²) in [6, 6.07) is 0. The highest BCUT2D eigenvalue weighted by atomic mass is 79.9. The van der Waals surface area contributed by atoms with Crippen molar-refractivity contribution in [3.05, 3.63) is 22.2 Å². The molecule has 0 bridgehead atoms. The van der Waals surface area contributed by atoms with E-state index in [1.54, 1.807) is 13.1 Å². The van der Waals surface area contributed by atoms with Crippen molar-refractivity contribution in [2.24, 2.45) is 0 Å². The third-order valence-corrected chi connectivity index (χ3v) is 3.15. The Morgan fingerprint density at radius 1 is 1.60 bits per heavy atom. The number of rotatable bonds is 4. The zero-order chi connectivity index (χ0) is 10.8. The molecule has 0 saturated heterocycles. The Kier molecular flexibility index (Phi) is 3.14. The lowest BCUT2D eigenvalue weighted by molar-refractivity contribution is -0.117. The fourth-order valence-corrected chi connectivity index (χ4v) is 1.82. The molecule has 1 aromatic rings. The number of Topliss-reactive ketones (excluding diaryl/α,β-unsaturated/α-hetero) is 1. The first-order valence-corrected chi connectivity index (χ1v) is 5.97. The van der Waals surface area contributed by atoms with Crippen molar-refractivity contribution in [2.75, 3.05) is 0 Å². The summed E-state index contributed by atoms with van der Waals surface area (Å²) in [6.07, 6.45) is 5.47. The largest absolute Gasteiger partial charge is 0.300 e. The average molecular weight is 269 g/mol. The van der Waals surface area contributed by atoms with Gasteiger partial charge in [0.1, 0.15) is 11.6 Å². The van der Waals surface area contributed by atoms with Gasteiger partial charge in [-0.25, -0.2) is 9.97 Å². The second-order valence-electron chi connectivity index (χ2n) is 4.00. The van der Waals surface area contributed by atoms with Crippen LogP contribution in [-0.2, 0) is 11.2 Å². The quantitative estimate of drug-likeness (QED) is 0.843. The van der Waals surface area contributed by atoms with Crippen molar-refractivity contribution in [3.8, 4) is 0 Å². The van der Waals surface area contributed by atoms with Crippen LogP contribution in [0.3, 0.4) is 0 Å². The number of hydrogen-bond acceptors (Lipinski definition) is 3. The molecule has 4 heteroatoms. The maximum atomic E-state index is 10.9. The molecule has 15 heavy (non-hydrogen) atoms. The molecule has 0 amide bonds. The normalized spacial score (nSPS) is 15.3. The predicted octanol–water partition coefficient (Wildman–Crippen LogP) is 2.64. The van der Waals surface area contributed by atoms with E-state index in [1.165, 1.54) is 12.8 Å². The number of halogens is 1. The van der Waals surface area contributed by atoms with Crippen LogP contribution in [0.15, 0.2) is 10.7 Å². The number of ketones is 1. The Balaban J connectivity index is 2.13. The molecule has 80 valence electrons. The summed E-state index contributed by atoms with van der Waals surface area (Å²) in [7, 11) is 0. The molecule has 0 radical (unpaired) electrons. The van der Waals surface area contributed by atoms with Crippen LogP contribution in [0.25, 0.3) is 0 Å². The van der Waals surface area contributed by atoms with Gasteiger partial charge in [0.15, 0.2) is 0 Å². The maximum Gasteiger partial charge on any atom is 0.131 e. The van der Waals surface area contributed by atoms with E-state index in [1.807, 2.05) is 0 Å². The van der Waals surface area contributed by atoms with Crippen LogP contribution < -0.4 is 0 Å². The molecule has 1 aliphatic rings. The third-order valence-electron chi connectivity index (χ3n) is 2.49. The minimum Gasteiger partial charge on any atom is -0.300 e. The molecule has 2 rings (SSSR count). The fraction of sp³-hybridized carbons (Fsp3) is 0.545. The number of aryl methyl sites for hydroxylation is 1. The van der Waals surface area contributed by atoms with E-state index in [9.17, 15) is 4.79 Å². The third kappa shape index (κ3) is 2.84. The van der Waals surface area contributed by atoms with Gasteiger partial charge in [0.25, 0.3) is 0 Å². The van der Waals surface area contributed by atoms with Crippen molar-refractivity contribution in [3.63, 3.8) is 0 Å². The SMILES string of the molecule is CC(=O)CCc1nc(C2CC2)ncc1Br. The second-order valence-corrected chi connectivity index (χ2v) is 4.85. The number of nitrogens with zero attached hydrogens (tertiary/aromatic N) is 2. The Morgan fingerprint density at radius 2 is 2.33 bits per heavy atom. The minimum atomic E-state index is 0.202. The molecule has 0 N–H and O–H groups in total. The van der Waals surface area contributed by atoms with Gasteiger partial charge in [-0.2, -0.15) is 0 Å². The Labute approximate surface area is 97.4 Å². The lowest BCUT2D eigenvalue weighted by Crippen LogP contribution is -2.02. The summed E-state index contributed by atoms with van der Waals surface area (Å²) in [5, 5.41) is 0. The molecule has 3 nitrogen and oxygen atoms in total. The summed E-state index contributed by atoms with van der Waals surface area (Å²) in [5.74, 6) is 1.71. The first kappa shape index (κ1) is 10.7. The van der Waals surface area contributed by atoms with Crippen LogP contribution in [0.2, 0.25) is 0 Å². The van der Waals surface area contributed by atoms with E-state index < -0.39 is 0 Å². The molecule has 0 unspecified atom stereocenters. The molecule has 0 spiro atoms. The van der Waals surface area contributed by atoms with Crippen LogP contribution in [-0.4, -0.2) is 15.8 Å². The minimum absolute atomic E-state index is 0.202. The maximum absolute atomic E-state index is 10.9. The van der Waals surface area contributed by atoms with Crippen molar-refractivity contribution in [2.45, 2.75) is 38.5 Å². The molecule has 1 aliphatic carbocycles. The van der Waals surface area contributed by atoms with Gasteiger partial charge in [-0.1, -0.05) is 0 Å². The van der Waals surface area contributed by atoms with E-state index in [0.29, 0.717) is 18.8 Å².